The molecule has 0 spiro atoms. The lowest BCUT2D eigenvalue weighted by molar-refractivity contribution is -0.133. The van der Waals surface area contributed by atoms with Crippen LogP contribution in [0, 0.1) is 5.82 Å². The van der Waals surface area contributed by atoms with Gasteiger partial charge in [0.25, 0.3) is 0 Å². The summed E-state index contributed by atoms with van der Waals surface area (Å²) in [5.41, 5.74) is 0. The maximum absolute atomic E-state index is 12.5. The highest BCUT2D eigenvalue weighted by atomic mass is 16.6. The number of allylic oxidation sites excluding steroid dienone is 1. The van der Waals surface area contributed by atoms with E-state index in [2.05, 4.69) is 6.58 Å². The molecule has 3 aliphatic heterocycles. The second kappa shape index (κ2) is 3.95. The van der Waals surface area contributed by atoms with Gasteiger partial charge in [0, 0.05) is 18.9 Å². The Balaban J connectivity index is 1.85. The van der Waals surface area contributed by atoms with Crippen molar-refractivity contribution in [3.63, 3.8) is 0 Å². The first-order valence-corrected chi connectivity index (χ1v) is 6.07. The minimum atomic E-state index is -2.29. The summed E-state index contributed by atoms with van der Waals surface area (Å²) < 4.78 is 15.9. The molecule has 6 nitrogen and oxygen atoms in total. The summed E-state index contributed by atoms with van der Waals surface area (Å²) in [6.45, 7) is 3.44. The normalized spacial score (nSPS) is 31.1. The maximum atomic E-state index is 12.5. The Morgan fingerprint density at radius 2 is 2.00 bits per heavy atom. The number of morpholine rings is 1. The van der Waals surface area contributed by atoms with Crippen LogP contribution in [-0.2, 0) is 18.8 Å². The Hall–Kier alpha value is -1.63. The van der Waals surface area contributed by atoms with Crippen LogP contribution < -0.4 is 0 Å². The zero-order chi connectivity index (χ0) is 12.8. The molecule has 3 heterocycles. The van der Waals surface area contributed by atoms with E-state index in [0.717, 1.165) is 5.82 Å². The number of hydrogen-bond donors (Lipinski definition) is 0. The van der Waals surface area contributed by atoms with Gasteiger partial charge in [-0.2, -0.15) is 0 Å². The number of nitrogens with zero attached hydrogens (tertiary/aromatic N) is 1. The van der Waals surface area contributed by atoms with Gasteiger partial charge in [0.2, 0.25) is 5.81 Å². The molecule has 0 aromatic heterocycles. The number of hydrogen-bond acceptors (Lipinski definition) is 5. The van der Waals surface area contributed by atoms with Crippen molar-refractivity contribution in [1.29, 1.82) is 0 Å². The minimum absolute atomic E-state index is 0.162. The average molecular weight is 251 g/mol. The fourth-order valence-corrected chi connectivity index (χ4v) is 2.76. The van der Waals surface area contributed by atoms with Crippen LogP contribution in [0.3, 0.4) is 0 Å². The highest BCUT2D eigenvalue weighted by Crippen LogP contribution is 2.45. The summed E-state index contributed by atoms with van der Waals surface area (Å²) in [5, 5.41) is 0. The molecular weight excluding hydrogens is 237 g/mol. The molecule has 0 radical (unpaired) electrons. The molecule has 0 aromatic carbocycles. The van der Waals surface area contributed by atoms with Crippen LogP contribution >= 0.6 is 0 Å². The van der Waals surface area contributed by atoms with Crippen LogP contribution in [0.25, 0.3) is 0 Å². The van der Waals surface area contributed by atoms with Crippen molar-refractivity contribution in [3.8, 4) is 0 Å². The van der Waals surface area contributed by atoms with E-state index in [4.69, 9.17) is 14.0 Å². The van der Waals surface area contributed by atoms with Gasteiger partial charge in [0.15, 0.2) is 0 Å². The van der Waals surface area contributed by atoms with E-state index in [1.807, 2.05) is 0 Å². The molecule has 1 unspecified atom stereocenters. The molecule has 3 saturated heterocycles. The molecule has 1 atom stereocenters. The number of amides is 1. The summed E-state index contributed by atoms with van der Waals surface area (Å²) in [6.07, 6.45) is 0.608. The standard InChI is InChI=1S/C11H14BNO5/c1-8-6-9-7-10(14)18-12(9,17-8)11(15)13-2-4-16-5-3-13/h1-7H2. The Bertz CT molecular complexity index is 398. The third-order valence-electron chi connectivity index (χ3n) is 3.61. The molecule has 3 fully saturated rings. The summed E-state index contributed by atoms with van der Waals surface area (Å²) in [5.74, 6) is 0.581. The van der Waals surface area contributed by atoms with Crippen molar-refractivity contribution < 1.29 is 23.6 Å². The molecule has 0 saturated carbocycles. The third-order valence-corrected chi connectivity index (χ3v) is 3.61. The zero-order valence-corrected chi connectivity index (χ0v) is 10.0. The van der Waals surface area contributed by atoms with Crippen molar-refractivity contribution >= 4 is 18.3 Å². The number of carbonyl (C=O) groups excluding carboxylic acids is 2. The van der Waals surface area contributed by atoms with Gasteiger partial charge in [0.05, 0.1) is 19.0 Å². The van der Waals surface area contributed by atoms with Crippen LogP contribution in [0.4, 0.5) is 4.79 Å². The molecular formula is C11H14BNO5. The van der Waals surface area contributed by atoms with E-state index in [0.29, 0.717) is 38.5 Å². The first-order chi connectivity index (χ1) is 8.62. The predicted molar refractivity (Wildman–Crippen MR) is 62.3 cm³/mol. The molecule has 3 aliphatic rings. The molecule has 0 bridgehead atoms. The Morgan fingerprint density at radius 1 is 1.28 bits per heavy atom. The van der Waals surface area contributed by atoms with Gasteiger partial charge in [-0.05, 0) is 0 Å². The number of fused-ring (bicyclic) bond motifs is 1. The molecule has 3 rings (SSSR count). The summed E-state index contributed by atoms with van der Waals surface area (Å²) in [7, 11) is 0. The van der Waals surface area contributed by atoms with Gasteiger partial charge in [-0.3, -0.25) is 4.79 Å². The van der Waals surface area contributed by atoms with Gasteiger partial charge >= 0.3 is 12.5 Å². The first-order valence-electron chi connectivity index (χ1n) is 6.07. The van der Waals surface area contributed by atoms with E-state index >= 15 is 0 Å². The third kappa shape index (κ3) is 1.58. The lowest BCUT2D eigenvalue weighted by Gasteiger charge is -2.34. The lowest BCUT2D eigenvalue weighted by Crippen LogP contribution is -2.57. The van der Waals surface area contributed by atoms with Crippen LogP contribution in [0.2, 0.25) is 0 Å². The fraction of sp³-hybridized carbons (Fsp3) is 0.545. The molecule has 7 heteroatoms. The molecule has 18 heavy (non-hydrogen) atoms. The number of rotatable bonds is 1. The first kappa shape index (κ1) is 11.5. The smallest absolute Gasteiger partial charge is 0.637 e. The molecule has 0 aromatic rings. The van der Waals surface area contributed by atoms with Gasteiger partial charge in [-0.15, -0.1) is 0 Å². The largest absolute Gasteiger partial charge is 0.640 e. The average Bonchev–Trinajstić information content (AvgIpc) is 2.81. The van der Waals surface area contributed by atoms with Crippen molar-refractivity contribution in [2.24, 2.45) is 0 Å². The summed E-state index contributed by atoms with van der Waals surface area (Å²) in [4.78, 5) is 25.6. The van der Waals surface area contributed by atoms with Gasteiger partial charge < -0.3 is 23.7 Å². The van der Waals surface area contributed by atoms with Crippen molar-refractivity contribution in [3.05, 3.63) is 18.2 Å². The molecule has 0 aliphatic carbocycles. The number of ether oxygens (including phenoxy) is 1. The van der Waals surface area contributed by atoms with E-state index in [9.17, 15) is 9.59 Å². The molecule has 0 N–H and O–H groups in total. The van der Waals surface area contributed by atoms with Crippen molar-refractivity contribution in [2.45, 2.75) is 12.8 Å². The predicted octanol–water partition coefficient (Wildman–Crippen LogP) is 0.457. The van der Waals surface area contributed by atoms with Crippen LogP contribution in [-0.4, -0.2) is 49.5 Å². The van der Waals surface area contributed by atoms with E-state index < -0.39 is 6.55 Å². The van der Waals surface area contributed by atoms with Crippen LogP contribution in [0.15, 0.2) is 12.3 Å². The molecule has 1 amide bonds. The van der Waals surface area contributed by atoms with Gasteiger partial charge in [-0.1, -0.05) is 6.58 Å². The molecule has 96 valence electrons. The number of carbonyl (C=O) groups is 2. The van der Waals surface area contributed by atoms with Crippen LogP contribution in [0.5, 0.6) is 0 Å². The second-order valence-corrected chi connectivity index (χ2v) is 4.81. The Kier molecular flexibility index (Phi) is 2.51. The SMILES string of the molecule is C=C1C[C+]2CC(=O)O[B-]2(C(=O)N2CCOCC2)O1. The topological polar surface area (TPSA) is 65.1 Å². The van der Waals surface area contributed by atoms with E-state index in [1.54, 1.807) is 4.90 Å². The fourth-order valence-electron chi connectivity index (χ4n) is 2.76. The Labute approximate surface area is 105 Å². The monoisotopic (exact) mass is 251 g/mol. The lowest BCUT2D eigenvalue weighted by atomic mass is 9.47. The quantitative estimate of drug-likeness (QED) is 0.500. The van der Waals surface area contributed by atoms with Gasteiger partial charge in [0.1, 0.15) is 12.8 Å². The van der Waals surface area contributed by atoms with Gasteiger partial charge in [-0.25, -0.2) is 0 Å². The highest BCUT2D eigenvalue weighted by Gasteiger charge is 2.69. The maximum Gasteiger partial charge on any atom is 0.640 e. The van der Waals surface area contributed by atoms with Crippen molar-refractivity contribution in [1.82, 2.24) is 4.90 Å². The zero-order valence-electron chi connectivity index (χ0n) is 10.0. The minimum Gasteiger partial charge on any atom is -0.637 e. The van der Waals surface area contributed by atoms with E-state index in [1.165, 1.54) is 0 Å². The summed E-state index contributed by atoms with van der Waals surface area (Å²) in [6, 6.07) is 0. The Morgan fingerprint density at radius 3 is 2.72 bits per heavy atom. The summed E-state index contributed by atoms with van der Waals surface area (Å²) >= 11 is 0. The highest BCUT2D eigenvalue weighted by molar-refractivity contribution is 7.03. The second-order valence-electron chi connectivity index (χ2n) is 4.81. The van der Waals surface area contributed by atoms with Crippen molar-refractivity contribution in [2.75, 3.05) is 26.3 Å². The van der Waals surface area contributed by atoms with Crippen LogP contribution in [0.1, 0.15) is 12.8 Å². The van der Waals surface area contributed by atoms with E-state index in [-0.39, 0.29) is 18.2 Å².